The standard InChI is InChI=1S/C5H13NO3/c1-5(2-7,3-8)4(6)9/h4,7-9H,2-3,6H2,1H3. The highest BCUT2D eigenvalue weighted by atomic mass is 16.3. The molecule has 0 aromatic carbocycles. The van der Waals surface area contributed by atoms with E-state index >= 15 is 0 Å². The van der Waals surface area contributed by atoms with Crippen molar-refractivity contribution in [3.05, 3.63) is 0 Å². The maximum absolute atomic E-state index is 8.73. The van der Waals surface area contributed by atoms with Crippen LogP contribution in [0.2, 0.25) is 0 Å². The quantitative estimate of drug-likeness (QED) is 0.346. The minimum atomic E-state index is -1.17. The van der Waals surface area contributed by atoms with Gasteiger partial charge in [0, 0.05) is 0 Å². The van der Waals surface area contributed by atoms with Gasteiger partial charge in [0.25, 0.3) is 0 Å². The van der Waals surface area contributed by atoms with E-state index < -0.39 is 11.6 Å². The van der Waals surface area contributed by atoms with Crippen molar-refractivity contribution in [2.75, 3.05) is 13.2 Å². The molecule has 5 N–H and O–H groups in total. The summed E-state index contributed by atoms with van der Waals surface area (Å²) >= 11 is 0. The Kier molecular flexibility index (Phi) is 3.07. The maximum atomic E-state index is 8.73. The number of rotatable bonds is 3. The van der Waals surface area contributed by atoms with Crippen molar-refractivity contribution in [2.24, 2.45) is 11.1 Å². The fourth-order valence-corrected chi connectivity index (χ4v) is 0.237. The third kappa shape index (κ3) is 1.91. The lowest BCUT2D eigenvalue weighted by atomic mass is 9.91. The van der Waals surface area contributed by atoms with Crippen molar-refractivity contribution in [2.45, 2.75) is 13.2 Å². The average molecular weight is 135 g/mol. The molecule has 0 aromatic heterocycles. The van der Waals surface area contributed by atoms with Gasteiger partial charge in [-0.1, -0.05) is 6.92 Å². The molecule has 0 saturated heterocycles. The predicted octanol–water partition coefficient (Wildman–Crippen LogP) is -1.75. The van der Waals surface area contributed by atoms with Crippen LogP contribution >= 0.6 is 0 Å². The van der Waals surface area contributed by atoms with Crippen molar-refractivity contribution in [1.29, 1.82) is 0 Å². The molecule has 1 atom stereocenters. The van der Waals surface area contributed by atoms with Crippen LogP contribution in [0, 0.1) is 5.41 Å². The summed E-state index contributed by atoms with van der Waals surface area (Å²) in [5.41, 5.74) is 4.06. The molecule has 0 aliphatic rings. The summed E-state index contributed by atoms with van der Waals surface area (Å²) in [6.07, 6.45) is -1.17. The molecule has 0 aromatic rings. The normalized spacial score (nSPS) is 15.7. The molecule has 0 fully saturated rings. The number of aliphatic hydroxyl groups is 3. The molecule has 4 nitrogen and oxygen atoms in total. The zero-order chi connectivity index (χ0) is 7.49. The van der Waals surface area contributed by atoms with Gasteiger partial charge in [0.1, 0.15) is 6.23 Å². The molecule has 9 heavy (non-hydrogen) atoms. The van der Waals surface area contributed by atoms with Crippen LogP contribution in [0.4, 0.5) is 0 Å². The second-order valence-corrected chi connectivity index (χ2v) is 2.42. The van der Waals surface area contributed by atoms with Gasteiger partial charge in [0.2, 0.25) is 0 Å². The molecule has 0 amide bonds. The summed E-state index contributed by atoms with van der Waals surface area (Å²) in [7, 11) is 0. The van der Waals surface area contributed by atoms with E-state index in [1.54, 1.807) is 0 Å². The molecule has 0 radical (unpaired) electrons. The van der Waals surface area contributed by atoms with Crippen LogP contribution < -0.4 is 5.73 Å². The van der Waals surface area contributed by atoms with Gasteiger partial charge in [-0.2, -0.15) is 0 Å². The topological polar surface area (TPSA) is 86.7 Å². The average Bonchev–Trinajstić information content (AvgIpc) is 1.86. The van der Waals surface area contributed by atoms with E-state index in [2.05, 4.69) is 0 Å². The number of nitrogens with two attached hydrogens (primary N) is 1. The van der Waals surface area contributed by atoms with Gasteiger partial charge < -0.3 is 21.1 Å². The van der Waals surface area contributed by atoms with Crippen LogP contribution in [0.15, 0.2) is 0 Å². The minimum Gasteiger partial charge on any atom is -0.396 e. The number of hydrogen-bond acceptors (Lipinski definition) is 4. The van der Waals surface area contributed by atoms with Crippen molar-refractivity contribution in [3.63, 3.8) is 0 Å². The van der Waals surface area contributed by atoms with Crippen molar-refractivity contribution in [1.82, 2.24) is 0 Å². The number of hydrogen-bond donors (Lipinski definition) is 4. The molecule has 1 unspecified atom stereocenters. The summed E-state index contributed by atoms with van der Waals surface area (Å²) < 4.78 is 0. The molecule has 4 heteroatoms. The fourth-order valence-electron chi connectivity index (χ4n) is 0.237. The van der Waals surface area contributed by atoms with Crippen molar-refractivity contribution < 1.29 is 15.3 Å². The van der Waals surface area contributed by atoms with Gasteiger partial charge in [-0.25, -0.2) is 0 Å². The molecule has 0 heterocycles. The Morgan fingerprint density at radius 3 is 1.78 bits per heavy atom. The lowest BCUT2D eigenvalue weighted by molar-refractivity contribution is -0.0369. The summed E-state index contributed by atoms with van der Waals surface area (Å²) in [5, 5.41) is 25.8. The Hall–Kier alpha value is -0.160. The molecule has 0 aliphatic heterocycles. The molecule has 0 bridgehead atoms. The maximum Gasteiger partial charge on any atom is 0.112 e. The lowest BCUT2D eigenvalue weighted by Crippen LogP contribution is -2.44. The van der Waals surface area contributed by atoms with Gasteiger partial charge in [-0.05, 0) is 0 Å². The highest BCUT2D eigenvalue weighted by Gasteiger charge is 2.28. The minimum absolute atomic E-state index is 0.318. The van der Waals surface area contributed by atoms with E-state index in [1.165, 1.54) is 6.92 Å². The Morgan fingerprint density at radius 2 is 1.78 bits per heavy atom. The van der Waals surface area contributed by atoms with Crippen LogP contribution in [-0.4, -0.2) is 34.8 Å². The monoisotopic (exact) mass is 135 g/mol. The summed E-state index contributed by atoms with van der Waals surface area (Å²) in [6.45, 7) is 0.861. The largest absolute Gasteiger partial charge is 0.396 e. The van der Waals surface area contributed by atoms with E-state index in [4.69, 9.17) is 21.1 Å². The smallest absolute Gasteiger partial charge is 0.112 e. The molecule has 56 valence electrons. The van der Waals surface area contributed by atoms with Crippen LogP contribution in [0.25, 0.3) is 0 Å². The predicted molar refractivity (Wildman–Crippen MR) is 32.5 cm³/mol. The molecule has 0 rings (SSSR count). The Labute approximate surface area is 53.9 Å². The Balaban J connectivity index is 3.92. The van der Waals surface area contributed by atoms with Crippen LogP contribution in [0.3, 0.4) is 0 Å². The first-order valence-electron chi connectivity index (χ1n) is 2.72. The Morgan fingerprint density at radius 1 is 1.44 bits per heavy atom. The summed E-state index contributed by atoms with van der Waals surface area (Å²) in [6, 6.07) is 0. The lowest BCUT2D eigenvalue weighted by Gasteiger charge is -2.26. The SMILES string of the molecule is CC(CO)(CO)C(N)O. The molecule has 0 spiro atoms. The first kappa shape index (κ1) is 8.84. The zero-order valence-electron chi connectivity index (χ0n) is 5.41. The van der Waals surface area contributed by atoms with Crippen LogP contribution in [0.5, 0.6) is 0 Å². The molecule has 0 saturated carbocycles. The fraction of sp³-hybridized carbons (Fsp3) is 1.00. The third-order valence-electron chi connectivity index (χ3n) is 1.44. The van der Waals surface area contributed by atoms with Gasteiger partial charge >= 0.3 is 0 Å². The highest BCUT2D eigenvalue weighted by molar-refractivity contribution is 4.76. The summed E-state index contributed by atoms with van der Waals surface area (Å²) in [5.74, 6) is 0. The summed E-state index contributed by atoms with van der Waals surface area (Å²) in [4.78, 5) is 0. The van der Waals surface area contributed by atoms with E-state index in [0.29, 0.717) is 0 Å². The molecular formula is C5H13NO3. The van der Waals surface area contributed by atoms with E-state index in [0.717, 1.165) is 0 Å². The zero-order valence-corrected chi connectivity index (χ0v) is 5.41. The molecule has 0 aliphatic carbocycles. The van der Waals surface area contributed by atoms with E-state index in [1.807, 2.05) is 0 Å². The van der Waals surface area contributed by atoms with Gasteiger partial charge in [-0.15, -0.1) is 0 Å². The first-order valence-corrected chi connectivity index (χ1v) is 2.72. The second kappa shape index (κ2) is 3.12. The van der Waals surface area contributed by atoms with Gasteiger partial charge in [-0.3, -0.25) is 0 Å². The van der Waals surface area contributed by atoms with Gasteiger partial charge in [0.15, 0.2) is 0 Å². The van der Waals surface area contributed by atoms with E-state index in [9.17, 15) is 0 Å². The van der Waals surface area contributed by atoms with Crippen molar-refractivity contribution >= 4 is 0 Å². The first-order chi connectivity index (χ1) is 4.06. The number of aliphatic hydroxyl groups excluding tert-OH is 3. The van der Waals surface area contributed by atoms with E-state index in [-0.39, 0.29) is 13.2 Å². The van der Waals surface area contributed by atoms with Crippen LogP contribution in [0.1, 0.15) is 6.92 Å². The highest BCUT2D eigenvalue weighted by Crippen LogP contribution is 2.15. The van der Waals surface area contributed by atoms with Crippen LogP contribution in [-0.2, 0) is 0 Å². The second-order valence-electron chi connectivity index (χ2n) is 2.42. The third-order valence-corrected chi connectivity index (χ3v) is 1.44. The Bertz CT molecular complexity index is 80.3. The molecular weight excluding hydrogens is 122 g/mol. The van der Waals surface area contributed by atoms with Crippen molar-refractivity contribution in [3.8, 4) is 0 Å². The van der Waals surface area contributed by atoms with Gasteiger partial charge in [0.05, 0.1) is 18.6 Å².